The molecule has 0 aliphatic heterocycles. The molecule has 1 aromatic heterocycles. The fourth-order valence-corrected chi connectivity index (χ4v) is 1.82. The summed E-state index contributed by atoms with van der Waals surface area (Å²) in [5.41, 5.74) is 0. The lowest BCUT2D eigenvalue weighted by molar-refractivity contribution is -0.389. The van der Waals surface area contributed by atoms with E-state index in [4.69, 9.17) is 0 Å². The Morgan fingerprint density at radius 2 is 2.23 bits per heavy atom. The SMILES string of the molecule is O=[N+]([O-])c1cn(C2CCCC2)cn1. The Morgan fingerprint density at radius 1 is 1.54 bits per heavy atom. The van der Waals surface area contributed by atoms with Crippen LogP contribution in [0, 0.1) is 10.1 Å². The first-order chi connectivity index (χ1) is 6.27. The van der Waals surface area contributed by atoms with E-state index in [1.54, 1.807) is 6.33 Å². The summed E-state index contributed by atoms with van der Waals surface area (Å²) < 4.78 is 1.87. The Hall–Kier alpha value is -1.39. The Morgan fingerprint density at radius 3 is 2.77 bits per heavy atom. The van der Waals surface area contributed by atoms with Gasteiger partial charge in [-0.2, -0.15) is 0 Å². The monoisotopic (exact) mass is 181 g/mol. The van der Waals surface area contributed by atoms with Crippen LogP contribution in [0.5, 0.6) is 0 Å². The molecule has 0 bridgehead atoms. The molecule has 0 aromatic carbocycles. The molecule has 1 saturated carbocycles. The number of hydrogen-bond acceptors (Lipinski definition) is 3. The third-order valence-corrected chi connectivity index (χ3v) is 2.52. The number of rotatable bonds is 2. The highest BCUT2D eigenvalue weighted by molar-refractivity contribution is 5.13. The van der Waals surface area contributed by atoms with Gasteiger partial charge in [-0.15, -0.1) is 0 Å². The van der Waals surface area contributed by atoms with Gasteiger partial charge in [-0.05, 0) is 22.7 Å². The van der Waals surface area contributed by atoms with Crippen LogP contribution in [0.1, 0.15) is 31.7 Å². The highest BCUT2D eigenvalue weighted by Gasteiger charge is 2.20. The molecule has 5 nitrogen and oxygen atoms in total. The maximum Gasteiger partial charge on any atom is 0.381 e. The van der Waals surface area contributed by atoms with Gasteiger partial charge in [0, 0.05) is 6.04 Å². The summed E-state index contributed by atoms with van der Waals surface area (Å²) >= 11 is 0. The van der Waals surface area contributed by atoms with E-state index in [1.165, 1.54) is 19.0 Å². The summed E-state index contributed by atoms with van der Waals surface area (Å²) in [5, 5.41) is 10.4. The lowest BCUT2D eigenvalue weighted by atomic mass is 10.2. The number of imidazole rings is 1. The average Bonchev–Trinajstić information content (AvgIpc) is 2.75. The molecule has 5 heteroatoms. The first-order valence-corrected chi connectivity index (χ1v) is 4.45. The molecular weight excluding hydrogens is 170 g/mol. The van der Waals surface area contributed by atoms with E-state index >= 15 is 0 Å². The molecule has 0 N–H and O–H groups in total. The summed E-state index contributed by atoms with van der Waals surface area (Å²) in [6, 6.07) is 0.432. The number of nitrogens with zero attached hydrogens (tertiary/aromatic N) is 3. The predicted octanol–water partition coefficient (Wildman–Crippen LogP) is 1.91. The molecule has 0 amide bonds. The maximum absolute atomic E-state index is 10.4. The smallest absolute Gasteiger partial charge is 0.358 e. The van der Waals surface area contributed by atoms with Crippen molar-refractivity contribution in [2.24, 2.45) is 0 Å². The van der Waals surface area contributed by atoms with E-state index in [0.29, 0.717) is 6.04 Å². The molecule has 1 aromatic rings. The van der Waals surface area contributed by atoms with Crippen LogP contribution in [-0.2, 0) is 0 Å². The molecule has 1 fully saturated rings. The van der Waals surface area contributed by atoms with Gasteiger partial charge in [0.2, 0.25) is 6.33 Å². The van der Waals surface area contributed by atoms with E-state index in [9.17, 15) is 10.1 Å². The molecule has 0 spiro atoms. The fourth-order valence-electron chi connectivity index (χ4n) is 1.82. The molecule has 1 aliphatic carbocycles. The minimum absolute atomic E-state index is 0.0492. The molecular formula is C8H11N3O2. The topological polar surface area (TPSA) is 61.0 Å². The number of nitro groups is 1. The van der Waals surface area contributed by atoms with Crippen molar-refractivity contribution in [3.05, 3.63) is 22.6 Å². The summed E-state index contributed by atoms with van der Waals surface area (Å²) in [7, 11) is 0. The van der Waals surface area contributed by atoms with Gasteiger partial charge in [0.1, 0.15) is 6.20 Å². The molecule has 0 unspecified atom stereocenters. The van der Waals surface area contributed by atoms with Gasteiger partial charge in [-0.1, -0.05) is 12.8 Å². The molecule has 1 aliphatic rings. The molecule has 0 radical (unpaired) electrons. The first kappa shape index (κ1) is 8.22. The highest BCUT2D eigenvalue weighted by Crippen LogP contribution is 2.29. The lowest BCUT2D eigenvalue weighted by Crippen LogP contribution is -2.00. The van der Waals surface area contributed by atoms with Gasteiger partial charge in [0.05, 0.1) is 0 Å². The van der Waals surface area contributed by atoms with E-state index in [0.717, 1.165) is 12.8 Å². The van der Waals surface area contributed by atoms with Crippen LogP contribution in [0.25, 0.3) is 0 Å². The highest BCUT2D eigenvalue weighted by atomic mass is 16.6. The molecule has 0 saturated heterocycles. The maximum atomic E-state index is 10.4. The number of aromatic nitrogens is 2. The van der Waals surface area contributed by atoms with Crippen LogP contribution >= 0.6 is 0 Å². The second-order valence-corrected chi connectivity index (χ2v) is 3.37. The van der Waals surface area contributed by atoms with Gasteiger partial charge in [-0.3, -0.25) is 0 Å². The molecule has 1 heterocycles. The quantitative estimate of drug-likeness (QED) is 0.517. The van der Waals surface area contributed by atoms with Crippen molar-refractivity contribution in [2.45, 2.75) is 31.7 Å². The van der Waals surface area contributed by atoms with Crippen LogP contribution in [0.2, 0.25) is 0 Å². The van der Waals surface area contributed by atoms with Gasteiger partial charge in [-0.25, -0.2) is 0 Å². The lowest BCUT2D eigenvalue weighted by Gasteiger charge is -2.06. The molecule has 70 valence electrons. The van der Waals surface area contributed by atoms with Crippen LogP contribution in [0.15, 0.2) is 12.5 Å². The minimum Gasteiger partial charge on any atom is -0.358 e. The van der Waals surface area contributed by atoms with Crippen molar-refractivity contribution in [2.75, 3.05) is 0 Å². The van der Waals surface area contributed by atoms with Crippen molar-refractivity contribution in [1.82, 2.24) is 9.55 Å². The van der Waals surface area contributed by atoms with E-state index in [2.05, 4.69) is 4.98 Å². The van der Waals surface area contributed by atoms with Crippen molar-refractivity contribution in [3.63, 3.8) is 0 Å². The Labute approximate surface area is 75.5 Å². The van der Waals surface area contributed by atoms with E-state index < -0.39 is 4.92 Å². The van der Waals surface area contributed by atoms with Crippen LogP contribution in [-0.4, -0.2) is 14.5 Å². The first-order valence-electron chi connectivity index (χ1n) is 4.45. The van der Waals surface area contributed by atoms with Gasteiger partial charge in [0.15, 0.2) is 0 Å². The Kier molecular flexibility index (Phi) is 2.00. The van der Waals surface area contributed by atoms with Crippen LogP contribution in [0.3, 0.4) is 0 Å². The minimum atomic E-state index is -0.453. The van der Waals surface area contributed by atoms with Gasteiger partial charge < -0.3 is 14.7 Å². The van der Waals surface area contributed by atoms with Crippen molar-refractivity contribution < 1.29 is 4.92 Å². The van der Waals surface area contributed by atoms with Crippen molar-refractivity contribution in [1.29, 1.82) is 0 Å². The third kappa shape index (κ3) is 1.54. The van der Waals surface area contributed by atoms with Crippen molar-refractivity contribution in [3.8, 4) is 0 Å². The summed E-state index contributed by atoms with van der Waals surface area (Å²) in [6.07, 6.45) is 7.76. The van der Waals surface area contributed by atoms with Gasteiger partial charge in [0.25, 0.3) is 0 Å². The zero-order valence-electron chi connectivity index (χ0n) is 7.22. The second-order valence-electron chi connectivity index (χ2n) is 3.37. The molecule has 2 rings (SSSR count). The zero-order chi connectivity index (χ0) is 9.26. The van der Waals surface area contributed by atoms with Crippen LogP contribution < -0.4 is 0 Å². The number of hydrogen-bond donors (Lipinski definition) is 0. The average molecular weight is 181 g/mol. The Bertz CT molecular complexity index is 315. The molecule has 13 heavy (non-hydrogen) atoms. The largest absolute Gasteiger partial charge is 0.381 e. The summed E-state index contributed by atoms with van der Waals surface area (Å²) in [6.45, 7) is 0. The normalized spacial score (nSPS) is 17.8. The molecule has 0 atom stereocenters. The second kappa shape index (κ2) is 3.16. The standard InChI is InChI=1S/C8H11N3O2/c12-11(13)8-5-10(6-9-8)7-3-1-2-4-7/h5-7H,1-4H2. The third-order valence-electron chi connectivity index (χ3n) is 2.52. The van der Waals surface area contributed by atoms with Gasteiger partial charge >= 0.3 is 5.82 Å². The van der Waals surface area contributed by atoms with E-state index in [-0.39, 0.29) is 5.82 Å². The summed E-state index contributed by atoms with van der Waals surface area (Å²) in [4.78, 5) is 13.6. The van der Waals surface area contributed by atoms with E-state index in [1.807, 2.05) is 4.57 Å². The van der Waals surface area contributed by atoms with Crippen LogP contribution in [0.4, 0.5) is 5.82 Å². The Balaban J connectivity index is 2.16. The zero-order valence-corrected chi connectivity index (χ0v) is 7.22. The predicted molar refractivity (Wildman–Crippen MR) is 46.4 cm³/mol. The summed E-state index contributed by atoms with van der Waals surface area (Å²) in [5.74, 6) is -0.0492. The fraction of sp³-hybridized carbons (Fsp3) is 0.625. The van der Waals surface area contributed by atoms with Crippen molar-refractivity contribution >= 4 is 5.82 Å².